The molecule has 0 aliphatic rings. The lowest BCUT2D eigenvalue weighted by molar-refractivity contribution is 0.0790. The molecule has 1 aromatic carbocycles. The smallest absolute Gasteiger partial charge is 0.255 e. The van der Waals surface area contributed by atoms with Crippen LogP contribution in [0.3, 0.4) is 0 Å². The number of carbonyl (C=O) groups excluding carboxylic acids is 1. The highest BCUT2D eigenvalue weighted by molar-refractivity contribution is 9.10. The van der Waals surface area contributed by atoms with E-state index in [2.05, 4.69) is 29.1 Å². The second-order valence-electron chi connectivity index (χ2n) is 3.50. The zero-order valence-electron chi connectivity index (χ0n) is 9.53. The summed E-state index contributed by atoms with van der Waals surface area (Å²) in [5.41, 5.74) is 6.85. The summed E-state index contributed by atoms with van der Waals surface area (Å²) < 4.78 is 0.628. The predicted octanol–water partition coefficient (Wildman–Crippen LogP) is 2.85. The first-order valence-electron chi connectivity index (χ1n) is 5.16. The van der Waals surface area contributed by atoms with Gasteiger partial charge in [-0.3, -0.25) is 4.79 Å². The van der Waals surface area contributed by atoms with Gasteiger partial charge in [-0.05, 0) is 28.1 Å². The van der Waals surface area contributed by atoms with E-state index in [1.165, 1.54) is 0 Å². The average Bonchev–Trinajstić information content (AvgIpc) is 2.31. The van der Waals surface area contributed by atoms with E-state index >= 15 is 0 Å². The van der Waals surface area contributed by atoms with Gasteiger partial charge < -0.3 is 10.6 Å². The molecule has 2 N–H and O–H groups in total. The lowest BCUT2D eigenvalue weighted by Crippen LogP contribution is -2.31. The highest BCUT2D eigenvalue weighted by atomic mass is 79.9. The number of anilines is 1. The number of hydrogen-bond acceptors (Lipinski definition) is 2. The molecule has 0 atom stereocenters. The number of rotatable bonds is 5. The van der Waals surface area contributed by atoms with E-state index in [1.54, 1.807) is 35.3 Å². The molecule has 17 heavy (non-hydrogen) atoms. The van der Waals surface area contributed by atoms with Gasteiger partial charge in [-0.25, -0.2) is 0 Å². The molecular formula is C13H15BrN2O. The fourth-order valence-electron chi connectivity index (χ4n) is 1.44. The van der Waals surface area contributed by atoms with Crippen LogP contribution in [0.1, 0.15) is 10.4 Å². The number of nitrogens with zero attached hydrogens (tertiary/aromatic N) is 1. The van der Waals surface area contributed by atoms with Gasteiger partial charge in [-0.1, -0.05) is 18.2 Å². The topological polar surface area (TPSA) is 46.3 Å². The van der Waals surface area contributed by atoms with Crippen molar-refractivity contribution < 1.29 is 4.79 Å². The molecule has 0 heterocycles. The second-order valence-corrected chi connectivity index (χ2v) is 4.29. The van der Waals surface area contributed by atoms with Crippen LogP contribution in [-0.4, -0.2) is 23.9 Å². The van der Waals surface area contributed by atoms with Crippen molar-refractivity contribution in [2.45, 2.75) is 0 Å². The van der Waals surface area contributed by atoms with Crippen molar-refractivity contribution in [3.8, 4) is 0 Å². The van der Waals surface area contributed by atoms with Crippen LogP contribution >= 0.6 is 15.9 Å². The third-order valence-electron chi connectivity index (χ3n) is 2.25. The molecule has 1 amide bonds. The summed E-state index contributed by atoms with van der Waals surface area (Å²) >= 11 is 3.33. The van der Waals surface area contributed by atoms with Crippen LogP contribution in [0.15, 0.2) is 48.0 Å². The quantitative estimate of drug-likeness (QED) is 0.670. The Hall–Kier alpha value is -1.55. The van der Waals surface area contributed by atoms with Crippen LogP contribution in [0.5, 0.6) is 0 Å². The van der Waals surface area contributed by atoms with Gasteiger partial charge in [-0.15, -0.1) is 13.2 Å². The summed E-state index contributed by atoms with van der Waals surface area (Å²) in [7, 11) is 0. The minimum Gasteiger partial charge on any atom is -0.398 e. The summed E-state index contributed by atoms with van der Waals surface area (Å²) in [5, 5.41) is 0. The Labute approximate surface area is 110 Å². The third-order valence-corrected chi connectivity index (χ3v) is 3.13. The fourth-order valence-corrected chi connectivity index (χ4v) is 1.87. The zero-order valence-corrected chi connectivity index (χ0v) is 11.1. The predicted molar refractivity (Wildman–Crippen MR) is 74.9 cm³/mol. The van der Waals surface area contributed by atoms with Crippen LogP contribution in [0, 0.1) is 0 Å². The molecular weight excluding hydrogens is 280 g/mol. The lowest BCUT2D eigenvalue weighted by atomic mass is 10.1. The van der Waals surface area contributed by atoms with Crippen LogP contribution in [0.25, 0.3) is 0 Å². The number of amides is 1. The van der Waals surface area contributed by atoms with Crippen molar-refractivity contribution in [3.63, 3.8) is 0 Å². The van der Waals surface area contributed by atoms with Gasteiger partial charge >= 0.3 is 0 Å². The molecule has 4 heteroatoms. The Morgan fingerprint density at radius 3 is 2.47 bits per heavy atom. The second kappa shape index (κ2) is 6.25. The van der Waals surface area contributed by atoms with Crippen LogP contribution in [0.4, 0.5) is 5.69 Å². The fraction of sp³-hybridized carbons (Fsp3) is 0.154. The molecule has 0 fully saturated rings. The molecule has 0 saturated carbocycles. The van der Waals surface area contributed by atoms with Gasteiger partial charge in [-0.2, -0.15) is 0 Å². The number of carbonyl (C=O) groups is 1. The van der Waals surface area contributed by atoms with Crippen LogP contribution in [-0.2, 0) is 0 Å². The first kappa shape index (κ1) is 13.5. The molecule has 90 valence electrons. The molecule has 0 aromatic heterocycles. The average molecular weight is 295 g/mol. The number of nitrogen functional groups attached to an aromatic ring is 1. The Kier molecular flexibility index (Phi) is 4.97. The molecule has 0 aliphatic carbocycles. The van der Waals surface area contributed by atoms with Gasteiger partial charge in [0.15, 0.2) is 0 Å². The highest BCUT2D eigenvalue weighted by Crippen LogP contribution is 2.24. The summed E-state index contributed by atoms with van der Waals surface area (Å²) in [6.07, 6.45) is 3.36. The minimum absolute atomic E-state index is 0.0935. The van der Waals surface area contributed by atoms with Gasteiger partial charge in [0, 0.05) is 18.8 Å². The molecule has 0 spiro atoms. The summed E-state index contributed by atoms with van der Waals surface area (Å²) in [4.78, 5) is 13.9. The maximum absolute atomic E-state index is 12.2. The number of halogens is 1. The van der Waals surface area contributed by atoms with Crippen molar-refractivity contribution >= 4 is 27.5 Å². The molecule has 0 bridgehead atoms. The van der Waals surface area contributed by atoms with Crippen LogP contribution < -0.4 is 5.73 Å². The van der Waals surface area contributed by atoms with Crippen LogP contribution in [0.2, 0.25) is 0 Å². The van der Waals surface area contributed by atoms with E-state index in [4.69, 9.17) is 5.73 Å². The molecule has 0 radical (unpaired) electrons. The Bertz CT molecular complexity index is 433. The Balaban J connectivity index is 3.04. The van der Waals surface area contributed by atoms with Gasteiger partial charge in [0.2, 0.25) is 0 Å². The van der Waals surface area contributed by atoms with Crippen molar-refractivity contribution in [1.29, 1.82) is 0 Å². The van der Waals surface area contributed by atoms with E-state index < -0.39 is 0 Å². The first-order chi connectivity index (χ1) is 8.11. The molecule has 1 rings (SSSR count). The number of hydrogen-bond donors (Lipinski definition) is 1. The third kappa shape index (κ3) is 3.20. The van der Waals surface area contributed by atoms with Gasteiger partial charge in [0.25, 0.3) is 5.91 Å². The first-order valence-corrected chi connectivity index (χ1v) is 5.96. The Morgan fingerprint density at radius 1 is 1.35 bits per heavy atom. The highest BCUT2D eigenvalue weighted by Gasteiger charge is 2.17. The normalized spacial score (nSPS) is 9.71. The number of benzene rings is 1. The van der Waals surface area contributed by atoms with Gasteiger partial charge in [0.05, 0.1) is 10.0 Å². The maximum Gasteiger partial charge on any atom is 0.255 e. The SMILES string of the molecule is C=CCN(CC=C)C(=O)c1cccc(N)c1Br. The molecule has 0 saturated heterocycles. The molecule has 3 nitrogen and oxygen atoms in total. The molecule has 0 unspecified atom stereocenters. The summed E-state index contributed by atoms with van der Waals surface area (Å²) in [6, 6.07) is 5.24. The van der Waals surface area contributed by atoms with Crippen molar-refractivity contribution in [3.05, 3.63) is 53.5 Å². The molecule has 0 aliphatic heterocycles. The monoisotopic (exact) mass is 294 g/mol. The van der Waals surface area contributed by atoms with E-state index in [-0.39, 0.29) is 5.91 Å². The molecule has 1 aromatic rings. The van der Waals surface area contributed by atoms with Gasteiger partial charge in [0.1, 0.15) is 0 Å². The summed E-state index contributed by atoms with van der Waals surface area (Å²) in [5.74, 6) is -0.0935. The standard InChI is InChI=1S/C13H15BrN2O/c1-3-8-16(9-4-2)13(17)10-6-5-7-11(15)12(10)14/h3-7H,1-2,8-9,15H2. The van der Waals surface area contributed by atoms with E-state index in [1.807, 2.05) is 0 Å². The minimum atomic E-state index is -0.0935. The Morgan fingerprint density at radius 2 is 1.94 bits per heavy atom. The van der Waals surface area contributed by atoms with E-state index in [0.29, 0.717) is 28.8 Å². The maximum atomic E-state index is 12.2. The summed E-state index contributed by atoms with van der Waals surface area (Å²) in [6.45, 7) is 8.22. The van der Waals surface area contributed by atoms with Crippen molar-refractivity contribution in [2.24, 2.45) is 0 Å². The van der Waals surface area contributed by atoms with Crippen molar-refractivity contribution in [1.82, 2.24) is 4.90 Å². The zero-order chi connectivity index (χ0) is 12.8. The van der Waals surface area contributed by atoms with E-state index in [9.17, 15) is 4.79 Å². The van der Waals surface area contributed by atoms with E-state index in [0.717, 1.165) is 0 Å². The largest absolute Gasteiger partial charge is 0.398 e. The lowest BCUT2D eigenvalue weighted by Gasteiger charge is -2.20. The number of nitrogens with two attached hydrogens (primary N) is 1. The van der Waals surface area contributed by atoms with Crippen molar-refractivity contribution in [2.75, 3.05) is 18.8 Å².